The molecule has 3 nitrogen and oxygen atoms in total. The van der Waals surface area contributed by atoms with E-state index in [0.29, 0.717) is 12.0 Å². The van der Waals surface area contributed by atoms with E-state index in [2.05, 4.69) is 46.8 Å². The maximum Gasteiger partial charge on any atom is 0.191 e. The van der Waals surface area contributed by atoms with Gasteiger partial charge in [-0.25, -0.2) is 0 Å². The Hall–Kier alpha value is -0.780. The normalized spacial score (nSPS) is 25.5. The molecule has 1 fully saturated rings. The molecular formula is C14H20IN3. The topological polar surface area (TPSA) is 36.4 Å². The highest BCUT2D eigenvalue weighted by molar-refractivity contribution is 14.0. The van der Waals surface area contributed by atoms with E-state index >= 15 is 0 Å². The summed E-state index contributed by atoms with van der Waals surface area (Å²) in [6.45, 7) is 4.20. The summed E-state index contributed by atoms with van der Waals surface area (Å²) < 4.78 is 0. The van der Waals surface area contributed by atoms with Crippen molar-refractivity contribution in [2.45, 2.75) is 31.7 Å². The second kappa shape index (κ2) is 5.91. The molecule has 1 aromatic carbocycles. The van der Waals surface area contributed by atoms with Gasteiger partial charge in [-0.05, 0) is 30.9 Å². The minimum absolute atomic E-state index is 0. The molecule has 98 valence electrons. The maximum atomic E-state index is 4.45. The molecule has 4 heteroatoms. The number of rotatable bonds is 2. The second-order valence-electron chi connectivity index (χ2n) is 4.96. The summed E-state index contributed by atoms with van der Waals surface area (Å²) in [5.74, 6) is 1.67. The van der Waals surface area contributed by atoms with Crippen LogP contribution < -0.4 is 10.6 Å². The zero-order valence-corrected chi connectivity index (χ0v) is 13.0. The fourth-order valence-electron chi connectivity index (χ4n) is 2.51. The number of benzene rings is 1. The Labute approximate surface area is 125 Å². The summed E-state index contributed by atoms with van der Waals surface area (Å²) in [4.78, 5) is 4.45. The van der Waals surface area contributed by atoms with Crippen LogP contribution in [0.4, 0.5) is 0 Å². The minimum atomic E-state index is 0. The van der Waals surface area contributed by atoms with E-state index in [1.807, 2.05) is 0 Å². The minimum Gasteiger partial charge on any atom is -0.356 e. The van der Waals surface area contributed by atoms with Crippen molar-refractivity contribution in [2.75, 3.05) is 13.1 Å². The van der Waals surface area contributed by atoms with Gasteiger partial charge in [0.15, 0.2) is 5.96 Å². The summed E-state index contributed by atoms with van der Waals surface area (Å²) in [5.41, 5.74) is 2.89. The molecule has 1 heterocycles. The number of hydrogen-bond donors (Lipinski definition) is 2. The van der Waals surface area contributed by atoms with Gasteiger partial charge < -0.3 is 10.6 Å². The molecule has 3 rings (SSSR count). The lowest BCUT2D eigenvalue weighted by molar-refractivity contribution is 0.696. The number of guanidine groups is 1. The van der Waals surface area contributed by atoms with E-state index in [9.17, 15) is 0 Å². The molecule has 18 heavy (non-hydrogen) atoms. The van der Waals surface area contributed by atoms with Gasteiger partial charge in [0.2, 0.25) is 0 Å². The lowest BCUT2D eigenvalue weighted by Crippen LogP contribution is -2.42. The van der Waals surface area contributed by atoms with Crippen LogP contribution in [-0.4, -0.2) is 25.1 Å². The summed E-state index contributed by atoms with van der Waals surface area (Å²) in [6, 6.07) is 9.25. The molecule has 2 atom stereocenters. The summed E-state index contributed by atoms with van der Waals surface area (Å²) in [7, 11) is 0. The molecule has 1 aliphatic heterocycles. The van der Waals surface area contributed by atoms with Gasteiger partial charge in [-0.2, -0.15) is 0 Å². The predicted octanol–water partition coefficient (Wildman–Crippen LogP) is 2.41. The lowest BCUT2D eigenvalue weighted by atomic mass is 10.0. The predicted molar refractivity (Wildman–Crippen MR) is 85.8 cm³/mol. The first-order chi connectivity index (χ1) is 8.34. The third-order valence-electron chi connectivity index (χ3n) is 3.60. The molecule has 0 bridgehead atoms. The highest BCUT2D eigenvalue weighted by atomic mass is 127. The third-order valence-corrected chi connectivity index (χ3v) is 3.60. The molecule has 0 spiro atoms. The van der Waals surface area contributed by atoms with E-state index in [4.69, 9.17) is 0 Å². The molecule has 1 saturated carbocycles. The van der Waals surface area contributed by atoms with Crippen molar-refractivity contribution in [1.82, 2.24) is 10.6 Å². The summed E-state index contributed by atoms with van der Waals surface area (Å²) in [6.07, 6.45) is 2.38. The van der Waals surface area contributed by atoms with Crippen LogP contribution in [0, 0.1) is 6.92 Å². The summed E-state index contributed by atoms with van der Waals surface area (Å²) in [5, 5.41) is 6.82. The van der Waals surface area contributed by atoms with Gasteiger partial charge in [-0.3, -0.25) is 4.99 Å². The number of aryl methyl sites for hydroxylation is 1. The van der Waals surface area contributed by atoms with Gasteiger partial charge >= 0.3 is 0 Å². The van der Waals surface area contributed by atoms with Crippen LogP contribution in [0.15, 0.2) is 29.3 Å². The number of nitrogens with zero attached hydrogens (tertiary/aromatic N) is 1. The maximum absolute atomic E-state index is 4.45. The zero-order chi connectivity index (χ0) is 11.7. The van der Waals surface area contributed by atoms with Crippen molar-refractivity contribution < 1.29 is 0 Å². The van der Waals surface area contributed by atoms with Crippen LogP contribution in [0.1, 0.15) is 29.9 Å². The van der Waals surface area contributed by atoms with Crippen LogP contribution in [0.2, 0.25) is 0 Å². The van der Waals surface area contributed by atoms with Crippen LogP contribution >= 0.6 is 24.0 Å². The molecule has 2 N–H and O–H groups in total. The fraction of sp³-hybridized carbons (Fsp3) is 0.500. The molecule has 2 aliphatic rings. The Balaban J connectivity index is 0.00000120. The van der Waals surface area contributed by atoms with Crippen LogP contribution in [0.25, 0.3) is 0 Å². The van der Waals surface area contributed by atoms with Crippen molar-refractivity contribution >= 4 is 29.9 Å². The average molecular weight is 357 g/mol. The standard InChI is InChI=1S/C14H19N3.HI/c1-10-5-2-3-6-11(10)12-9-13(12)17-14-15-7-4-8-16-14;/h2-3,5-6,12-13H,4,7-9H2,1H3,(H2,15,16,17);1H. The van der Waals surface area contributed by atoms with Crippen molar-refractivity contribution in [3.8, 4) is 0 Å². The van der Waals surface area contributed by atoms with Gasteiger partial charge in [-0.1, -0.05) is 24.3 Å². The molecule has 1 aliphatic carbocycles. The monoisotopic (exact) mass is 357 g/mol. The van der Waals surface area contributed by atoms with Crippen molar-refractivity contribution in [3.63, 3.8) is 0 Å². The number of aliphatic imine (C=N–C) groups is 1. The molecule has 0 amide bonds. The first-order valence-electron chi connectivity index (χ1n) is 6.45. The Morgan fingerprint density at radius 3 is 2.89 bits per heavy atom. The molecule has 0 aromatic heterocycles. The highest BCUT2D eigenvalue weighted by Crippen LogP contribution is 2.41. The third kappa shape index (κ3) is 2.96. The first kappa shape index (κ1) is 13.6. The molecule has 2 unspecified atom stereocenters. The van der Waals surface area contributed by atoms with Crippen molar-refractivity contribution in [1.29, 1.82) is 0 Å². The van der Waals surface area contributed by atoms with Gasteiger partial charge in [0.05, 0.1) is 0 Å². The smallest absolute Gasteiger partial charge is 0.191 e. The second-order valence-corrected chi connectivity index (χ2v) is 4.96. The molecular weight excluding hydrogens is 337 g/mol. The van der Waals surface area contributed by atoms with Gasteiger partial charge in [-0.15, -0.1) is 24.0 Å². The average Bonchev–Trinajstić information content (AvgIpc) is 3.10. The molecule has 0 radical (unpaired) electrons. The quantitative estimate of drug-likeness (QED) is 0.798. The first-order valence-corrected chi connectivity index (χ1v) is 6.45. The lowest BCUT2D eigenvalue weighted by Gasteiger charge is -2.16. The van der Waals surface area contributed by atoms with Crippen molar-refractivity contribution in [3.05, 3.63) is 35.4 Å². The number of hydrogen-bond acceptors (Lipinski definition) is 3. The van der Waals surface area contributed by atoms with Gasteiger partial charge in [0, 0.05) is 25.0 Å². The van der Waals surface area contributed by atoms with E-state index in [1.54, 1.807) is 0 Å². The Morgan fingerprint density at radius 2 is 2.17 bits per heavy atom. The Morgan fingerprint density at radius 1 is 1.33 bits per heavy atom. The largest absolute Gasteiger partial charge is 0.356 e. The highest BCUT2D eigenvalue weighted by Gasteiger charge is 2.39. The van der Waals surface area contributed by atoms with Crippen molar-refractivity contribution in [2.24, 2.45) is 4.99 Å². The van der Waals surface area contributed by atoms with Gasteiger partial charge in [0.1, 0.15) is 0 Å². The van der Waals surface area contributed by atoms with E-state index < -0.39 is 0 Å². The summed E-state index contributed by atoms with van der Waals surface area (Å²) >= 11 is 0. The number of halogens is 1. The van der Waals surface area contributed by atoms with Crippen LogP contribution in [-0.2, 0) is 0 Å². The van der Waals surface area contributed by atoms with E-state index in [1.165, 1.54) is 17.5 Å². The van der Waals surface area contributed by atoms with E-state index in [0.717, 1.165) is 25.5 Å². The fourth-order valence-corrected chi connectivity index (χ4v) is 2.51. The number of nitrogens with one attached hydrogen (secondary N) is 2. The molecule has 0 saturated heterocycles. The molecule has 1 aromatic rings. The zero-order valence-electron chi connectivity index (χ0n) is 10.6. The Kier molecular flexibility index (Phi) is 4.48. The Bertz CT molecular complexity index is 444. The van der Waals surface area contributed by atoms with Crippen LogP contribution in [0.5, 0.6) is 0 Å². The van der Waals surface area contributed by atoms with E-state index in [-0.39, 0.29) is 24.0 Å². The SMILES string of the molecule is Cc1ccccc1C1CC1NC1=NCCCN1.I. The van der Waals surface area contributed by atoms with Gasteiger partial charge in [0.25, 0.3) is 0 Å². The van der Waals surface area contributed by atoms with Crippen LogP contribution in [0.3, 0.4) is 0 Å².